The van der Waals surface area contributed by atoms with Crippen LogP contribution in [0, 0.1) is 0 Å². The van der Waals surface area contributed by atoms with Crippen molar-refractivity contribution in [2.45, 2.75) is 6.54 Å². The van der Waals surface area contributed by atoms with E-state index in [1.165, 1.54) is 6.26 Å². The second-order valence-electron chi connectivity index (χ2n) is 5.12. The predicted molar refractivity (Wildman–Crippen MR) is 91.3 cm³/mol. The first-order chi connectivity index (χ1) is 11.6. The van der Waals surface area contributed by atoms with Gasteiger partial charge in [-0.2, -0.15) is 0 Å². The first-order valence-corrected chi connectivity index (χ1v) is 7.66. The predicted octanol–water partition coefficient (Wildman–Crippen LogP) is 3.14. The Morgan fingerprint density at radius 2 is 1.96 bits per heavy atom. The fraction of sp³-hybridized carbons (Fsp3) is 0.111. The highest BCUT2D eigenvalue weighted by Gasteiger charge is 2.08. The van der Waals surface area contributed by atoms with E-state index in [9.17, 15) is 9.59 Å². The van der Waals surface area contributed by atoms with Crippen molar-refractivity contribution in [2.75, 3.05) is 6.61 Å². The fourth-order valence-corrected chi connectivity index (χ4v) is 2.32. The maximum absolute atomic E-state index is 11.8. The SMILES string of the molecule is O=C(COc1ccc2c(=O)c(Cl)coc2c1)NCc1ccccc1. The number of ether oxygens (including phenoxy) is 1. The van der Waals surface area contributed by atoms with E-state index in [4.69, 9.17) is 20.8 Å². The summed E-state index contributed by atoms with van der Waals surface area (Å²) in [6, 6.07) is 14.3. The van der Waals surface area contributed by atoms with Gasteiger partial charge < -0.3 is 14.5 Å². The fourth-order valence-electron chi connectivity index (χ4n) is 2.17. The molecule has 0 aliphatic heterocycles. The number of amides is 1. The number of fused-ring (bicyclic) bond motifs is 1. The molecule has 1 amide bonds. The summed E-state index contributed by atoms with van der Waals surface area (Å²) in [5.41, 5.74) is 1.06. The largest absolute Gasteiger partial charge is 0.484 e. The number of nitrogens with one attached hydrogen (secondary N) is 1. The normalized spacial score (nSPS) is 10.5. The van der Waals surface area contributed by atoms with Gasteiger partial charge in [-0.3, -0.25) is 9.59 Å². The van der Waals surface area contributed by atoms with Crippen LogP contribution < -0.4 is 15.5 Å². The number of carbonyl (C=O) groups is 1. The zero-order chi connectivity index (χ0) is 16.9. The van der Waals surface area contributed by atoms with Crippen LogP contribution >= 0.6 is 11.6 Å². The van der Waals surface area contributed by atoms with Gasteiger partial charge in [0.25, 0.3) is 5.91 Å². The van der Waals surface area contributed by atoms with Crippen LogP contribution in [0.15, 0.2) is 64.0 Å². The summed E-state index contributed by atoms with van der Waals surface area (Å²) in [4.78, 5) is 23.7. The van der Waals surface area contributed by atoms with E-state index in [0.717, 1.165) is 5.56 Å². The molecule has 1 N–H and O–H groups in total. The minimum Gasteiger partial charge on any atom is -0.484 e. The Labute approximate surface area is 142 Å². The molecule has 0 aliphatic rings. The van der Waals surface area contributed by atoms with Crippen LogP contribution in [0.3, 0.4) is 0 Å². The molecular weight excluding hydrogens is 330 g/mol. The zero-order valence-electron chi connectivity index (χ0n) is 12.6. The highest BCUT2D eigenvalue weighted by molar-refractivity contribution is 6.30. The Kier molecular flexibility index (Phi) is 4.82. The van der Waals surface area contributed by atoms with E-state index in [1.54, 1.807) is 18.2 Å². The number of carbonyl (C=O) groups excluding carboxylic acids is 1. The zero-order valence-corrected chi connectivity index (χ0v) is 13.4. The third-order valence-electron chi connectivity index (χ3n) is 3.41. The molecule has 1 aromatic heterocycles. The summed E-state index contributed by atoms with van der Waals surface area (Å²) in [6.45, 7) is 0.310. The van der Waals surface area contributed by atoms with Gasteiger partial charge in [0.15, 0.2) is 6.61 Å². The molecule has 0 unspecified atom stereocenters. The monoisotopic (exact) mass is 343 g/mol. The van der Waals surface area contributed by atoms with Gasteiger partial charge in [0.05, 0.1) is 5.39 Å². The molecule has 122 valence electrons. The maximum atomic E-state index is 11.8. The quantitative estimate of drug-likeness (QED) is 0.772. The van der Waals surface area contributed by atoms with Crippen LogP contribution in [-0.2, 0) is 11.3 Å². The lowest BCUT2D eigenvalue weighted by Gasteiger charge is -2.08. The molecule has 3 rings (SSSR count). The van der Waals surface area contributed by atoms with Gasteiger partial charge in [-0.05, 0) is 17.7 Å². The van der Waals surface area contributed by atoms with E-state index in [-0.39, 0.29) is 23.0 Å². The van der Waals surface area contributed by atoms with Gasteiger partial charge in [0, 0.05) is 12.6 Å². The standard InChI is InChI=1S/C18H14ClNO4/c19-15-10-24-16-8-13(6-7-14(16)18(15)22)23-11-17(21)20-9-12-4-2-1-3-5-12/h1-8,10H,9,11H2,(H,20,21). The summed E-state index contributed by atoms with van der Waals surface area (Å²) in [5, 5.41) is 3.16. The highest BCUT2D eigenvalue weighted by atomic mass is 35.5. The molecule has 6 heteroatoms. The number of rotatable bonds is 5. The minimum atomic E-state index is -0.301. The molecule has 0 bridgehead atoms. The van der Waals surface area contributed by atoms with Crippen LogP contribution in [-0.4, -0.2) is 12.5 Å². The van der Waals surface area contributed by atoms with Crippen LogP contribution in [0.5, 0.6) is 5.75 Å². The molecule has 2 aromatic carbocycles. The van der Waals surface area contributed by atoms with Gasteiger partial charge in [0.1, 0.15) is 22.6 Å². The Morgan fingerprint density at radius 3 is 2.75 bits per heavy atom. The average Bonchev–Trinajstić information content (AvgIpc) is 2.62. The van der Waals surface area contributed by atoms with Gasteiger partial charge in [-0.1, -0.05) is 41.9 Å². The lowest BCUT2D eigenvalue weighted by atomic mass is 10.2. The minimum absolute atomic E-state index is 0.0245. The molecule has 24 heavy (non-hydrogen) atoms. The van der Waals surface area contributed by atoms with Crippen molar-refractivity contribution in [1.29, 1.82) is 0 Å². The third-order valence-corrected chi connectivity index (χ3v) is 3.67. The Hall–Kier alpha value is -2.79. The van der Waals surface area contributed by atoms with E-state index in [2.05, 4.69) is 5.32 Å². The first-order valence-electron chi connectivity index (χ1n) is 7.28. The lowest BCUT2D eigenvalue weighted by molar-refractivity contribution is -0.123. The molecular formula is C18H14ClNO4. The molecule has 0 fully saturated rings. The summed E-state index contributed by atoms with van der Waals surface area (Å²) >= 11 is 5.73. The molecule has 0 spiro atoms. The highest BCUT2D eigenvalue weighted by Crippen LogP contribution is 2.20. The van der Waals surface area contributed by atoms with Crippen molar-refractivity contribution in [3.8, 4) is 5.75 Å². The number of hydrogen-bond acceptors (Lipinski definition) is 4. The number of hydrogen-bond donors (Lipinski definition) is 1. The van der Waals surface area contributed by atoms with Crippen molar-refractivity contribution in [2.24, 2.45) is 0 Å². The van der Waals surface area contributed by atoms with Crippen LogP contribution in [0.4, 0.5) is 0 Å². The van der Waals surface area contributed by atoms with E-state index < -0.39 is 0 Å². The smallest absolute Gasteiger partial charge is 0.258 e. The second kappa shape index (κ2) is 7.19. The van der Waals surface area contributed by atoms with E-state index in [0.29, 0.717) is 23.3 Å². The van der Waals surface area contributed by atoms with Gasteiger partial charge in [0.2, 0.25) is 5.43 Å². The number of halogens is 1. The van der Waals surface area contributed by atoms with Gasteiger partial charge in [-0.25, -0.2) is 0 Å². The van der Waals surface area contributed by atoms with Crippen molar-refractivity contribution in [3.63, 3.8) is 0 Å². The molecule has 3 aromatic rings. The van der Waals surface area contributed by atoms with Gasteiger partial charge in [-0.15, -0.1) is 0 Å². The molecule has 0 atom stereocenters. The van der Waals surface area contributed by atoms with E-state index >= 15 is 0 Å². The van der Waals surface area contributed by atoms with E-state index in [1.807, 2.05) is 30.3 Å². The maximum Gasteiger partial charge on any atom is 0.258 e. The van der Waals surface area contributed by atoms with Crippen molar-refractivity contribution in [1.82, 2.24) is 5.32 Å². The Morgan fingerprint density at radius 1 is 1.17 bits per heavy atom. The molecule has 0 saturated heterocycles. The molecule has 0 radical (unpaired) electrons. The molecule has 0 saturated carbocycles. The summed E-state index contributed by atoms with van der Waals surface area (Å²) in [5.74, 6) is 0.194. The van der Waals surface area contributed by atoms with Crippen molar-refractivity contribution < 1.29 is 13.9 Å². The molecule has 1 heterocycles. The summed E-state index contributed by atoms with van der Waals surface area (Å²) in [7, 11) is 0. The molecule has 5 nitrogen and oxygen atoms in total. The van der Waals surface area contributed by atoms with Crippen molar-refractivity contribution in [3.05, 3.63) is 75.6 Å². The summed E-state index contributed by atoms with van der Waals surface area (Å²) in [6.07, 6.45) is 1.18. The first kappa shape index (κ1) is 16.1. The van der Waals surface area contributed by atoms with Crippen LogP contribution in [0.1, 0.15) is 5.56 Å². The van der Waals surface area contributed by atoms with Crippen LogP contribution in [0.2, 0.25) is 5.02 Å². The van der Waals surface area contributed by atoms with Gasteiger partial charge >= 0.3 is 0 Å². The lowest BCUT2D eigenvalue weighted by Crippen LogP contribution is -2.28. The topological polar surface area (TPSA) is 68.5 Å². The second-order valence-corrected chi connectivity index (χ2v) is 5.53. The summed E-state index contributed by atoms with van der Waals surface area (Å²) < 4.78 is 10.7. The Balaban J connectivity index is 1.60. The number of benzene rings is 2. The van der Waals surface area contributed by atoms with Crippen LogP contribution in [0.25, 0.3) is 11.0 Å². The van der Waals surface area contributed by atoms with Crippen molar-refractivity contribution >= 4 is 28.5 Å². The average molecular weight is 344 g/mol. The molecule has 0 aliphatic carbocycles. The Bertz CT molecular complexity index is 921. The third kappa shape index (κ3) is 3.75.